The Balaban J connectivity index is 1.80. The zero-order valence-corrected chi connectivity index (χ0v) is 14.8. The van der Waals surface area contributed by atoms with E-state index in [4.69, 9.17) is 0 Å². The van der Waals surface area contributed by atoms with Crippen molar-refractivity contribution in [3.63, 3.8) is 0 Å². The number of benzene rings is 2. The van der Waals surface area contributed by atoms with E-state index < -0.39 is 0 Å². The van der Waals surface area contributed by atoms with Gasteiger partial charge in [0.1, 0.15) is 0 Å². The molecule has 1 aromatic heterocycles. The van der Waals surface area contributed by atoms with Crippen molar-refractivity contribution in [2.24, 2.45) is 0 Å². The van der Waals surface area contributed by atoms with Crippen molar-refractivity contribution in [3.8, 4) is 0 Å². The third-order valence-corrected chi connectivity index (χ3v) is 4.04. The standard InChI is InChI=1S/C21H19N3O3/c1-2-24(18-9-4-3-5-10-18)21(27)15-7-6-8-17(13-15)23-20(26)16-11-12-19(25)22-14-16/h3-14H,2H2,1H3,(H,22,25)(H,23,26). The summed E-state index contributed by atoms with van der Waals surface area (Å²) in [7, 11) is 0. The van der Waals surface area contributed by atoms with E-state index in [1.165, 1.54) is 18.3 Å². The molecule has 0 saturated heterocycles. The molecule has 0 atom stereocenters. The molecule has 2 N–H and O–H groups in total. The number of nitrogens with one attached hydrogen (secondary N) is 2. The second-order valence-electron chi connectivity index (χ2n) is 5.86. The molecule has 6 nitrogen and oxygen atoms in total. The van der Waals surface area contributed by atoms with Gasteiger partial charge in [0.25, 0.3) is 11.8 Å². The van der Waals surface area contributed by atoms with Crippen molar-refractivity contribution in [1.29, 1.82) is 0 Å². The summed E-state index contributed by atoms with van der Waals surface area (Å²) in [5.74, 6) is -0.518. The molecule has 3 rings (SSSR count). The Morgan fingerprint density at radius 1 is 0.963 bits per heavy atom. The average molecular weight is 361 g/mol. The Morgan fingerprint density at radius 2 is 1.74 bits per heavy atom. The van der Waals surface area contributed by atoms with Crippen molar-refractivity contribution in [2.75, 3.05) is 16.8 Å². The van der Waals surface area contributed by atoms with Crippen LogP contribution < -0.4 is 15.8 Å². The molecule has 3 aromatic rings. The molecule has 0 aliphatic heterocycles. The van der Waals surface area contributed by atoms with Crippen LogP contribution in [0.3, 0.4) is 0 Å². The van der Waals surface area contributed by atoms with Crippen LogP contribution in [-0.2, 0) is 0 Å². The first kappa shape index (κ1) is 18.1. The van der Waals surface area contributed by atoms with Crippen molar-refractivity contribution in [1.82, 2.24) is 4.98 Å². The SMILES string of the molecule is CCN(C(=O)c1cccc(NC(=O)c2ccc(=O)[nH]c2)c1)c1ccccc1. The Morgan fingerprint density at radius 3 is 2.41 bits per heavy atom. The molecular weight excluding hydrogens is 342 g/mol. The first-order valence-electron chi connectivity index (χ1n) is 8.55. The van der Waals surface area contributed by atoms with Crippen molar-refractivity contribution < 1.29 is 9.59 Å². The highest BCUT2D eigenvalue weighted by Crippen LogP contribution is 2.19. The highest BCUT2D eigenvalue weighted by atomic mass is 16.2. The van der Waals surface area contributed by atoms with Gasteiger partial charge in [-0.25, -0.2) is 0 Å². The summed E-state index contributed by atoms with van der Waals surface area (Å²) in [4.78, 5) is 40.4. The highest BCUT2D eigenvalue weighted by Gasteiger charge is 2.16. The van der Waals surface area contributed by atoms with Gasteiger partial charge in [-0.2, -0.15) is 0 Å². The molecule has 2 amide bonds. The zero-order chi connectivity index (χ0) is 19.2. The highest BCUT2D eigenvalue weighted by molar-refractivity contribution is 6.08. The minimum absolute atomic E-state index is 0.149. The molecule has 136 valence electrons. The van der Waals surface area contributed by atoms with Gasteiger partial charge < -0.3 is 15.2 Å². The van der Waals surface area contributed by atoms with Crippen LogP contribution in [0.5, 0.6) is 0 Å². The molecule has 0 bridgehead atoms. The molecule has 0 aliphatic carbocycles. The summed E-state index contributed by atoms with van der Waals surface area (Å²) in [6.07, 6.45) is 1.35. The fraction of sp³-hybridized carbons (Fsp3) is 0.0952. The molecule has 0 radical (unpaired) electrons. The molecule has 0 fully saturated rings. The Bertz CT molecular complexity index is 992. The van der Waals surface area contributed by atoms with Gasteiger partial charge in [-0.1, -0.05) is 24.3 Å². The minimum atomic E-state index is -0.369. The van der Waals surface area contributed by atoms with E-state index in [0.29, 0.717) is 23.4 Å². The van der Waals surface area contributed by atoms with Gasteiger partial charge >= 0.3 is 0 Å². The van der Waals surface area contributed by atoms with Crippen LogP contribution in [-0.4, -0.2) is 23.3 Å². The van der Waals surface area contributed by atoms with E-state index in [0.717, 1.165) is 5.69 Å². The summed E-state index contributed by atoms with van der Waals surface area (Å²) < 4.78 is 0. The van der Waals surface area contributed by atoms with Crippen LogP contribution in [0.4, 0.5) is 11.4 Å². The van der Waals surface area contributed by atoms with Gasteiger partial charge in [-0.05, 0) is 43.3 Å². The van der Waals surface area contributed by atoms with E-state index in [-0.39, 0.29) is 17.4 Å². The van der Waals surface area contributed by atoms with Gasteiger partial charge in [0, 0.05) is 35.7 Å². The minimum Gasteiger partial charge on any atom is -0.328 e. The maximum Gasteiger partial charge on any atom is 0.258 e. The molecule has 27 heavy (non-hydrogen) atoms. The normalized spacial score (nSPS) is 10.3. The number of anilines is 2. The third kappa shape index (κ3) is 4.30. The number of para-hydroxylation sites is 1. The smallest absolute Gasteiger partial charge is 0.258 e. The molecule has 0 aliphatic rings. The maximum absolute atomic E-state index is 12.9. The Hall–Kier alpha value is -3.67. The molecule has 0 unspecified atom stereocenters. The molecular formula is C21H19N3O3. The lowest BCUT2D eigenvalue weighted by molar-refractivity contribution is 0.0985. The quantitative estimate of drug-likeness (QED) is 0.731. The number of hydrogen-bond donors (Lipinski definition) is 2. The lowest BCUT2D eigenvalue weighted by Crippen LogP contribution is -2.30. The van der Waals surface area contributed by atoms with E-state index >= 15 is 0 Å². The lowest BCUT2D eigenvalue weighted by atomic mass is 10.1. The predicted molar refractivity (Wildman–Crippen MR) is 105 cm³/mol. The number of carbonyl (C=O) groups excluding carboxylic acids is 2. The fourth-order valence-corrected chi connectivity index (χ4v) is 2.69. The number of H-pyrrole nitrogens is 1. The second kappa shape index (κ2) is 8.14. The number of amides is 2. The lowest BCUT2D eigenvalue weighted by Gasteiger charge is -2.21. The molecule has 0 saturated carbocycles. The van der Waals surface area contributed by atoms with Gasteiger partial charge in [0.15, 0.2) is 0 Å². The number of pyridine rings is 1. The Kier molecular flexibility index (Phi) is 5.47. The topological polar surface area (TPSA) is 82.3 Å². The monoisotopic (exact) mass is 361 g/mol. The van der Waals surface area contributed by atoms with Crippen LogP contribution in [0.1, 0.15) is 27.6 Å². The number of rotatable bonds is 5. The fourth-order valence-electron chi connectivity index (χ4n) is 2.69. The summed E-state index contributed by atoms with van der Waals surface area (Å²) in [6, 6.07) is 18.9. The summed E-state index contributed by atoms with van der Waals surface area (Å²) >= 11 is 0. The summed E-state index contributed by atoms with van der Waals surface area (Å²) in [6.45, 7) is 2.43. The predicted octanol–water partition coefficient (Wildman–Crippen LogP) is 3.29. The summed E-state index contributed by atoms with van der Waals surface area (Å²) in [5, 5.41) is 2.74. The Labute approximate surface area is 156 Å². The van der Waals surface area contributed by atoms with Gasteiger partial charge in [-0.3, -0.25) is 14.4 Å². The van der Waals surface area contributed by atoms with Crippen LogP contribution in [0.2, 0.25) is 0 Å². The third-order valence-electron chi connectivity index (χ3n) is 4.04. The number of hydrogen-bond acceptors (Lipinski definition) is 3. The molecule has 0 spiro atoms. The van der Waals surface area contributed by atoms with E-state index in [2.05, 4.69) is 10.3 Å². The van der Waals surface area contributed by atoms with E-state index in [9.17, 15) is 14.4 Å². The molecule has 1 heterocycles. The van der Waals surface area contributed by atoms with Crippen LogP contribution >= 0.6 is 0 Å². The van der Waals surface area contributed by atoms with E-state index in [1.54, 1.807) is 29.2 Å². The largest absolute Gasteiger partial charge is 0.328 e. The molecule has 6 heteroatoms. The maximum atomic E-state index is 12.9. The van der Waals surface area contributed by atoms with Crippen LogP contribution in [0.25, 0.3) is 0 Å². The number of aromatic amines is 1. The second-order valence-corrected chi connectivity index (χ2v) is 5.86. The van der Waals surface area contributed by atoms with Gasteiger partial charge in [-0.15, -0.1) is 0 Å². The summed E-state index contributed by atoms with van der Waals surface area (Å²) in [5.41, 5.74) is 1.83. The zero-order valence-electron chi connectivity index (χ0n) is 14.8. The first-order valence-corrected chi connectivity index (χ1v) is 8.55. The molecule has 2 aromatic carbocycles. The van der Waals surface area contributed by atoms with E-state index in [1.807, 2.05) is 37.3 Å². The number of nitrogens with zero attached hydrogens (tertiary/aromatic N) is 1. The van der Waals surface area contributed by atoms with Crippen molar-refractivity contribution in [3.05, 3.63) is 94.4 Å². The average Bonchev–Trinajstić information content (AvgIpc) is 2.70. The number of aromatic nitrogens is 1. The van der Waals surface area contributed by atoms with Crippen LogP contribution in [0.15, 0.2) is 77.7 Å². The van der Waals surface area contributed by atoms with Gasteiger partial charge in [0.2, 0.25) is 5.56 Å². The van der Waals surface area contributed by atoms with Crippen molar-refractivity contribution >= 4 is 23.2 Å². The first-order chi connectivity index (χ1) is 13.1. The van der Waals surface area contributed by atoms with Gasteiger partial charge in [0.05, 0.1) is 5.56 Å². The van der Waals surface area contributed by atoms with Crippen LogP contribution in [0, 0.1) is 0 Å². The van der Waals surface area contributed by atoms with Crippen molar-refractivity contribution in [2.45, 2.75) is 6.92 Å². The number of carbonyl (C=O) groups is 2.